The fraction of sp³-hybridized carbons (Fsp3) is 0.480. The zero-order valence-electron chi connectivity index (χ0n) is 19.1. The first-order valence-corrected chi connectivity index (χ1v) is 13.1. The van der Waals surface area contributed by atoms with Crippen LogP contribution in [0.15, 0.2) is 46.9 Å². The van der Waals surface area contributed by atoms with Crippen molar-refractivity contribution in [2.45, 2.75) is 25.3 Å². The van der Waals surface area contributed by atoms with Crippen molar-refractivity contribution >= 4 is 40.5 Å². The fourth-order valence-electron chi connectivity index (χ4n) is 4.50. The second kappa shape index (κ2) is 10.6. The van der Waals surface area contributed by atoms with E-state index in [4.69, 9.17) is 21.4 Å². The van der Waals surface area contributed by atoms with E-state index in [1.165, 1.54) is 0 Å². The highest BCUT2D eigenvalue weighted by atomic mass is 35.5. The molecule has 1 aromatic carbocycles. The average Bonchev–Trinajstić information content (AvgIpc) is 3.37. The van der Waals surface area contributed by atoms with E-state index in [0.29, 0.717) is 31.2 Å². The molecule has 2 aromatic rings. The Morgan fingerprint density at radius 3 is 2.65 bits per heavy atom. The van der Waals surface area contributed by atoms with Crippen LogP contribution in [0.1, 0.15) is 35.7 Å². The molecule has 9 heteroatoms. The molecule has 0 unspecified atom stereocenters. The van der Waals surface area contributed by atoms with Crippen LogP contribution in [0.5, 0.6) is 0 Å². The van der Waals surface area contributed by atoms with Gasteiger partial charge in [-0.05, 0) is 35.9 Å². The Hall–Kier alpha value is -2.26. The van der Waals surface area contributed by atoms with E-state index in [2.05, 4.69) is 4.90 Å². The minimum absolute atomic E-state index is 0.0296. The molecular weight excluding hydrogens is 472 g/mol. The van der Waals surface area contributed by atoms with Gasteiger partial charge in [0.1, 0.15) is 6.54 Å². The summed E-state index contributed by atoms with van der Waals surface area (Å²) in [5, 5.41) is 8.92. The summed E-state index contributed by atoms with van der Waals surface area (Å²) in [6.07, 6.45) is 2.42. The molecule has 1 aromatic heterocycles. The van der Waals surface area contributed by atoms with Crippen molar-refractivity contribution in [2.75, 3.05) is 45.9 Å². The standard InChI is InChI=1S/C25H29ClN4O3S/c26-20-5-2-1-4-19(20)22-16-21(23-6-3-15-34-23)27-30(22)24(31)17-29(25(32)18-7-8-18)10-9-28-11-13-33-14-12-28/h1-6,15,18,22H,7-14,16-17H2/t22-/m1/s1. The average molecular weight is 501 g/mol. The highest BCUT2D eigenvalue weighted by Crippen LogP contribution is 2.37. The van der Waals surface area contributed by atoms with Crippen molar-refractivity contribution in [1.29, 1.82) is 0 Å². The van der Waals surface area contributed by atoms with Crippen LogP contribution in [0.4, 0.5) is 0 Å². The van der Waals surface area contributed by atoms with Crippen molar-refractivity contribution in [3.63, 3.8) is 0 Å². The SMILES string of the molecule is O=C(C1CC1)N(CCN1CCOCC1)CC(=O)N1N=C(c2cccs2)C[C@@H]1c1ccccc1Cl. The number of ether oxygens (including phenoxy) is 1. The van der Waals surface area contributed by atoms with Crippen molar-refractivity contribution in [1.82, 2.24) is 14.8 Å². The van der Waals surface area contributed by atoms with Gasteiger partial charge in [0.15, 0.2) is 0 Å². The number of nitrogens with zero attached hydrogens (tertiary/aromatic N) is 4. The number of morpholine rings is 1. The van der Waals surface area contributed by atoms with E-state index in [1.807, 2.05) is 41.8 Å². The Kier molecular flexibility index (Phi) is 7.29. The van der Waals surface area contributed by atoms with Gasteiger partial charge in [0, 0.05) is 43.5 Å². The number of benzene rings is 1. The summed E-state index contributed by atoms with van der Waals surface area (Å²) in [6, 6.07) is 11.3. The van der Waals surface area contributed by atoms with Gasteiger partial charge in [-0.2, -0.15) is 5.10 Å². The van der Waals surface area contributed by atoms with Gasteiger partial charge in [0.05, 0.1) is 29.8 Å². The number of thiophene rings is 1. The van der Waals surface area contributed by atoms with E-state index in [-0.39, 0.29) is 30.3 Å². The van der Waals surface area contributed by atoms with Crippen LogP contribution in [0.25, 0.3) is 0 Å². The number of amides is 2. The molecule has 1 atom stereocenters. The van der Waals surface area contributed by atoms with Gasteiger partial charge in [-0.1, -0.05) is 35.9 Å². The Morgan fingerprint density at radius 2 is 1.94 bits per heavy atom. The lowest BCUT2D eigenvalue weighted by Gasteiger charge is -2.31. The molecule has 0 radical (unpaired) electrons. The number of hydrogen-bond acceptors (Lipinski definition) is 6. The maximum Gasteiger partial charge on any atom is 0.262 e. The van der Waals surface area contributed by atoms with Crippen LogP contribution < -0.4 is 0 Å². The van der Waals surface area contributed by atoms with Gasteiger partial charge >= 0.3 is 0 Å². The summed E-state index contributed by atoms with van der Waals surface area (Å²) >= 11 is 8.13. The number of hydrazone groups is 1. The topological polar surface area (TPSA) is 65.5 Å². The Bertz CT molecular complexity index is 1050. The molecule has 2 aliphatic heterocycles. The van der Waals surface area contributed by atoms with E-state index >= 15 is 0 Å². The predicted octanol–water partition coefficient (Wildman–Crippen LogP) is 3.65. The molecule has 3 aliphatic rings. The molecule has 0 bridgehead atoms. The van der Waals surface area contributed by atoms with E-state index in [0.717, 1.165) is 48.6 Å². The van der Waals surface area contributed by atoms with Crippen LogP contribution in [-0.4, -0.2) is 78.3 Å². The van der Waals surface area contributed by atoms with Gasteiger partial charge < -0.3 is 9.64 Å². The van der Waals surface area contributed by atoms with E-state index < -0.39 is 0 Å². The first-order chi connectivity index (χ1) is 16.6. The molecule has 2 fully saturated rings. The second-order valence-corrected chi connectivity index (χ2v) is 10.3. The molecule has 1 saturated heterocycles. The van der Waals surface area contributed by atoms with Crippen LogP contribution in [0, 0.1) is 5.92 Å². The lowest BCUT2D eigenvalue weighted by molar-refractivity contribution is -0.142. The number of carbonyl (C=O) groups excluding carboxylic acids is 2. The molecule has 1 aliphatic carbocycles. The van der Waals surface area contributed by atoms with Crippen LogP contribution in [0.2, 0.25) is 5.02 Å². The van der Waals surface area contributed by atoms with Crippen LogP contribution in [0.3, 0.4) is 0 Å². The van der Waals surface area contributed by atoms with Crippen LogP contribution in [-0.2, 0) is 14.3 Å². The molecule has 34 heavy (non-hydrogen) atoms. The first kappa shape index (κ1) is 23.5. The maximum absolute atomic E-state index is 13.6. The predicted molar refractivity (Wildman–Crippen MR) is 133 cm³/mol. The lowest BCUT2D eigenvalue weighted by Crippen LogP contribution is -2.47. The van der Waals surface area contributed by atoms with Gasteiger partial charge in [-0.15, -0.1) is 11.3 Å². The minimum Gasteiger partial charge on any atom is -0.379 e. The largest absolute Gasteiger partial charge is 0.379 e. The zero-order valence-corrected chi connectivity index (χ0v) is 20.6. The van der Waals surface area contributed by atoms with Crippen molar-refractivity contribution in [3.05, 3.63) is 57.2 Å². The summed E-state index contributed by atoms with van der Waals surface area (Å²) in [6.45, 7) is 4.44. The Labute approximate surface area is 208 Å². The quantitative estimate of drug-likeness (QED) is 0.555. The number of halogens is 1. The van der Waals surface area contributed by atoms with E-state index in [1.54, 1.807) is 21.2 Å². The van der Waals surface area contributed by atoms with Gasteiger partial charge in [-0.25, -0.2) is 5.01 Å². The van der Waals surface area contributed by atoms with Crippen LogP contribution >= 0.6 is 22.9 Å². The summed E-state index contributed by atoms with van der Waals surface area (Å²) in [7, 11) is 0. The Morgan fingerprint density at radius 1 is 1.15 bits per heavy atom. The molecule has 0 spiro atoms. The second-order valence-electron chi connectivity index (χ2n) is 8.99. The Balaban J connectivity index is 1.35. The minimum atomic E-state index is -0.282. The number of rotatable bonds is 8. The smallest absolute Gasteiger partial charge is 0.262 e. The fourth-order valence-corrected chi connectivity index (χ4v) is 5.48. The summed E-state index contributed by atoms with van der Waals surface area (Å²) in [5.74, 6) is -0.0365. The molecule has 0 N–H and O–H groups in total. The molecule has 2 amide bonds. The third-order valence-corrected chi connectivity index (χ3v) is 7.85. The summed E-state index contributed by atoms with van der Waals surface area (Å²) in [5.41, 5.74) is 1.75. The maximum atomic E-state index is 13.6. The first-order valence-electron chi connectivity index (χ1n) is 11.9. The number of hydrogen-bond donors (Lipinski definition) is 0. The van der Waals surface area contributed by atoms with Crippen molar-refractivity contribution in [2.24, 2.45) is 11.0 Å². The zero-order chi connectivity index (χ0) is 23.5. The van der Waals surface area contributed by atoms with E-state index in [9.17, 15) is 9.59 Å². The number of carbonyl (C=O) groups is 2. The lowest BCUT2D eigenvalue weighted by atomic mass is 10.0. The van der Waals surface area contributed by atoms with Crippen molar-refractivity contribution < 1.29 is 14.3 Å². The molecular formula is C25H29ClN4O3S. The summed E-state index contributed by atoms with van der Waals surface area (Å²) in [4.78, 5) is 31.7. The molecule has 7 nitrogen and oxygen atoms in total. The highest BCUT2D eigenvalue weighted by Gasteiger charge is 2.38. The third kappa shape index (κ3) is 5.35. The molecule has 3 heterocycles. The summed E-state index contributed by atoms with van der Waals surface area (Å²) < 4.78 is 5.43. The van der Waals surface area contributed by atoms with Gasteiger partial charge in [-0.3, -0.25) is 14.5 Å². The molecule has 5 rings (SSSR count). The molecule has 1 saturated carbocycles. The monoisotopic (exact) mass is 500 g/mol. The van der Waals surface area contributed by atoms with Crippen molar-refractivity contribution in [3.8, 4) is 0 Å². The molecule has 180 valence electrons. The van der Waals surface area contributed by atoms with Gasteiger partial charge in [0.25, 0.3) is 5.91 Å². The van der Waals surface area contributed by atoms with Gasteiger partial charge in [0.2, 0.25) is 5.91 Å². The third-order valence-electron chi connectivity index (χ3n) is 6.59. The normalized spacial score (nSPS) is 20.9. The highest BCUT2D eigenvalue weighted by molar-refractivity contribution is 7.12.